The van der Waals surface area contributed by atoms with Crippen molar-refractivity contribution in [2.75, 3.05) is 12.4 Å². The third kappa shape index (κ3) is 2.11. The Balaban J connectivity index is 2.49. The van der Waals surface area contributed by atoms with Crippen molar-refractivity contribution in [1.29, 1.82) is 0 Å². The van der Waals surface area contributed by atoms with Gasteiger partial charge in [0.1, 0.15) is 17.8 Å². The summed E-state index contributed by atoms with van der Waals surface area (Å²) in [5.41, 5.74) is 2.82. The molecule has 0 aliphatic rings. The van der Waals surface area contributed by atoms with Gasteiger partial charge in [0.2, 0.25) is 0 Å². The normalized spacial score (nSPS) is 10.5. The SMILES string of the molecule is CCCn1nncc1-c1ncnc(NC)c1C. The summed E-state index contributed by atoms with van der Waals surface area (Å²) in [6.07, 6.45) is 4.31. The van der Waals surface area contributed by atoms with Crippen molar-refractivity contribution >= 4 is 5.82 Å². The van der Waals surface area contributed by atoms with Crippen molar-refractivity contribution < 1.29 is 0 Å². The maximum Gasteiger partial charge on any atom is 0.132 e. The van der Waals surface area contributed by atoms with Crippen molar-refractivity contribution in [2.45, 2.75) is 26.8 Å². The molecule has 0 unspecified atom stereocenters. The quantitative estimate of drug-likeness (QED) is 0.865. The minimum absolute atomic E-state index is 0.833. The fraction of sp³-hybridized carbons (Fsp3) is 0.455. The molecule has 17 heavy (non-hydrogen) atoms. The van der Waals surface area contributed by atoms with E-state index in [1.807, 2.05) is 18.7 Å². The number of aryl methyl sites for hydroxylation is 1. The van der Waals surface area contributed by atoms with Crippen LogP contribution in [0.15, 0.2) is 12.5 Å². The third-order valence-corrected chi connectivity index (χ3v) is 2.62. The van der Waals surface area contributed by atoms with E-state index in [9.17, 15) is 0 Å². The van der Waals surface area contributed by atoms with Gasteiger partial charge in [0.05, 0.1) is 11.9 Å². The van der Waals surface area contributed by atoms with E-state index in [1.54, 1.807) is 12.5 Å². The standard InChI is InChI=1S/C11H16N6/c1-4-5-17-9(6-15-16-17)10-8(2)11(12-3)14-7-13-10/h6-7H,4-5H2,1-3H3,(H,12,13,14). The monoisotopic (exact) mass is 232 g/mol. The molecule has 0 atom stereocenters. The molecule has 6 nitrogen and oxygen atoms in total. The van der Waals surface area contributed by atoms with Crippen LogP contribution in [0.25, 0.3) is 11.4 Å². The van der Waals surface area contributed by atoms with Gasteiger partial charge in [-0.25, -0.2) is 14.6 Å². The first kappa shape index (κ1) is 11.5. The van der Waals surface area contributed by atoms with Gasteiger partial charge in [-0.15, -0.1) is 5.10 Å². The Kier molecular flexibility index (Phi) is 3.32. The molecule has 0 radical (unpaired) electrons. The summed E-state index contributed by atoms with van der Waals surface area (Å²) in [7, 11) is 1.85. The zero-order valence-corrected chi connectivity index (χ0v) is 10.3. The molecule has 1 N–H and O–H groups in total. The number of anilines is 1. The highest BCUT2D eigenvalue weighted by Gasteiger charge is 2.12. The van der Waals surface area contributed by atoms with E-state index in [1.165, 1.54) is 0 Å². The first-order valence-corrected chi connectivity index (χ1v) is 5.66. The van der Waals surface area contributed by atoms with Crippen LogP contribution in [0.2, 0.25) is 0 Å². The van der Waals surface area contributed by atoms with Crippen molar-refractivity contribution in [2.24, 2.45) is 0 Å². The molecule has 0 saturated carbocycles. The van der Waals surface area contributed by atoms with Crippen LogP contribution in [-0.4, -0.2) is 32.0 Å². The van der Waals surface area contributed by atoms with Crippen molar-refractivity contribution in [3.8, 4) is 11.4 Å². The Bertz CT molecular complexity index is 504. The maximum absolute atomic E-state index is 4.32. The zero-order chi connectivity index (χ0) is 12.3. The minimum atomic E-state index is 0.833. The molecule has 2 rings (SSSR count). The van der Waals surface area contributed by atoms with Gasteiger partial charge in [-0.3, -0.25) is 0 Å². The van der Waals surface area contributed by atoms with Gasteiger partial charge in [0, 0.05) is 19.2 Å². The molecule has 0 saturated heterocycles. The molecule has 0 fully saturated rings. The molecule has 0 amide bonds. The first-order chi connectivity index (χ1) is 8.27. The van der Waals surface area contributed by atoms with Crippen molar-refractivity contribution in [1.82, 2.24) is 25.0 Å². The average molecular weight is 232 g/mol. The molecular formula is C11H16N6. The van der Waals surface area contributed by atoms with Gasteiger partial charge < -0.3 is 5.32 Å². The highest BCUT2D eigenvalue weighted by atomic mass is 15.4. The minimum Gasteiger partial charge on any atom is -0.373 e. The van der Waals surface area contributed by atoms with Crippen LogP contribution in [0.1, 0.15) is 18.9 Å². The lowest BCUT2D eigenvalue weighted by Gasteiger charge is -2.09. The molecule has 0 aliphatic carbocycles. The Morgan fingerprint density at radius 3 is 2.88 bits per heavy atom. The van der Waals surface area contributed by atoms with Crippen LogP contribution in [0, 0.1) is 6.92 Å². The molecule has 2 heterocycles. The van der Waals surface area contributed by atoms with Gasteiger partial charge in [-0.05, 0) is 13.3 Å². The molecule has 0 bridgehead atoms. The van der Waals surface area contributed by atoms with Gasteiger partial charge in [0.25, 0.3) is 0 Å². The molecule has 0 aromatic carbocycles. The second kappa shape index (κ2) is 4.90. The van der Waals surface area contributed by atoms with E-state index < -0.39 is 0 Å². The number of nitrogens with zero attached hydrogens (tertiary/aromatic N) is 5. The van der Waals surface area contributed by atoms with E-state index in [-0.39, 0.29) is 0 Å². The molecule has 2 aromatic rings. The Morgan fingerprint density at radius 2 is 2.18 bits per heavy atom. The lowest BCUT2D eigenvalue weighted by Crippen LogP contribution is -2.05. The number of nitrogens with one attached hydrogen (secondary N) is 1. The van der Waals surface area contributed by atoms with E-state index >= 15 is 0 Å². The maximum atomic E-state index is 4.32. The lowest BCUT2D eigenvalue weighted by molar-refractivity contribution is 0.583. The molecule has 90 valence electrons. The fourth-order valence-electron chi connectivity index (χ4n) is 1.78. The number of aromatic nitrogens is 5. The molecule has 0 aliphatic heterocycles. The van der Waals surface area contributed by atoms with Crippen LogP contribution in [0.5, 0.6) is 0 Å². The molecular weight excluding hydrogens is 216 g/mol. The summed E-state index contributed by atoms with van der Waals surface area (Å²) in [6, 6.07) is 0. The molecule has 0 spiro atoms. The molecule has 6 heteroatoms. The summed E-state index contributed by atoms with van der Waals surface area (Å²) in [5, 5.41) is 11.1. The first-order valence-electron chi connectivity index (χ1n) is 5.66. The Morgan fingerprint density at radius 1 is 1.35 bits per heavy atom. The predicted octanol–water partition coefficient (Wildman–Crippen LogP) is 1.50. The predicted molar refractivity (Wildman–Crippen MR) is 65.6 cm³/mol. The Hall–Kier alpha value is -1.98. The van der Waals surface area contributed by atoms with E-state index in [4.69, 9.17) is 0 Å². The van der Waals surface area contributed by atoms with Crippen LogP contribution < -0.4 is 5.32 Å². The summed E-state index contributed by atoms with van der Waals surface area (Å²) >= 11 is 0. The van der Waals surface area contributed by atoms with E-state index in [2.05, 4.69) is 32.5 Å². The van der Waals surface area contributed by atoms with Crippen molar-refractivity contribution in [3.05, 3.63) is 18.1 Å². The Labute approximate surface area is 100 Å². The van der Waals surface area contributed by atoms with E-state index in [0.29, 0.717) is 0 Å². The van der Waals surface area contributed by atoms with Crippen LogP contribution >= 0.6 is 0 Å². The van der Waals surface area contributed by atoms with Crippen LogP contribution in [-0.2, 0) is 6.54 Å². The van der Waals surface area contributed by atoms with Crippen LogP contribution in [0.4, 0.5) is 5.82 Å². The molecule has 2 aromatic heterocycles. The highest BCUT2D eigenvalue weighted by molar-refractivity contribution is 5.64. The summed E-state index contributed by atoms with van der Waals surface area (Å²) in [5.74, 6) is 0.833. The van der Waals surface area contributed by atoms with Crippen molar-refractivity contribution in [3.63, 3.8) is 0 Å². The van der Waals surface area contributed by atoms with E-state index in [0.717, 1.165) is 35.7 Å². The van der Waals surface area contributed by atoms with Gasteiger partial charge >= 0.3 is 0 Å². The van der Waals surface area contributed by atoms with Crippen LogP contribution in [0.3, 0.4) is 0 Å². The largest absolute Gasteiger partial charge is 0.373 e. The summed E-state index contributed by atoms with van der Waals surface area (Å²) < 4.78 is 1.87. The number of hydrogen-bond donors (Lipinski definition) is 1. The summed E-state index contributed by atoms with van der Waals surface area (Å²) in [6.45, 7) is 4.94. The van der Waals surface area contributed by atoms with Gasteiger partial charge in [-0.2, -0.15) is 0 Å². The lowest BCUT2D eigenvalue weighted by atomic mass is 10.2. The number of hydrogen-bond acceptors (Lipinski definition) is 5. The smallest absolute Gasteiger partial charge is 0.132 e. The summed E-state index contributed by atoms with van der Waals surface area (Å²) in [4.78, 5) is 8.49. The fourth-order valence-corrected chi connectivity index (χ4v) is 1.78. The van der Waals surface area contributed by atoms with Gasteiger partial charge in [-0.1, -0.05) is 12.1 Å². The highest BCUT2D eigenvalue weighted by Crippen LogP contribution is 2.23. The zero-order valence-electron chi connectivity index (χ0n) is 10.3. The average Bonchev–Trinajstić information content (AvgIpc) is 2.78. The topological polar surface area (TPSA) is 68.5 Å². The second-order valence-corrected chi connectivity index (χ2v) is 3.79. The van der Waals surface area contributed by atoms with Gasteiger partial charge in [0.15, 0.2) is 0 Å². The third-order valence-electron chi connectivity index (χ3n) is 2.62. The second-order valence-electron chi connectivity index (χ2n) is 3.79. The number of rotatable bonds is 4.